The summed E-state index contributed by atoms with van der Waals surface area (Å²) in [7, 11) is 0. The molecular weight excluding hydrogens is 403 g/mol. The van der Waals surface area contributed by atoms with Crippen molar-refractivity contribution in [3.63, 3.8) is 0 Å². The number of nitrogens with zero attached hydrogens (tertiary/aromatic N) is 1. The highest BCUT2D eigenvalue weighted by molar-refractivity contribution is 6.21. The fraction of sp³-hybridized carbons (Fsp3) is 1.00. The number of nitrogens with one attached hydrogen (secondary N) is 2. The van der Waals surface area contributed by atoms with Crippen LogP contribution in [0.1, 0.15) is 25.7 Å². The van der Waals surface area contributed by atoms with Crippen LogP contribution in [-0.2, 0) is 9.47 Å². The van der Waals surface area contributed by atoms with Gasteiger partial charge in [0.2, 0.25) is 0 Å². The molecule has 0 bridgehead atoms. The fourth-order valence-corrected chi connectivity index (χ4v) is 6.56. The average molecular weight is 435 g/mol. The van der Waals surface area contributed by atoms with Crippen molar-refractivity contribution in [2.45, 2.75) is 80.2 Å². The standard InChI is InChI=1S/C19H32ClFN4O4/c20-11-2-1-9-8(12(11)21)4-6-28-15(9)16-13(26)14(27)19(29-16)25-5-3-10-17(22)23-7-24-18(10)25/h8-19,23-24,26-27H,1-7,22H2/t8?,9?,10?,11?,12?,13-,14+,15+,16-,17?,18?,19+/m0/s1. The Morgan fingerprint density at radius 3 is 2.66 bits per heavy atom. The van der Waals surface area contributed by atoms with Crippen LogP contribution >= 0.6 is 11.6 Å². The number of aliphatic hydroxyl groups excluding tert-OH is 2. The van der Waals surface area contributed by atoms with Crippen LogP contribution in [0, 0.1) is 17.8 Å². The van der Waals surface area contributed by atoms with Gasteiger partial charge in [0.1, 0.15) is 30.7 Å². The number of likely N-dealkylation sites (tertiary alicyclic amines) is 1. The molecule has 0 spiro atoms. The maximum atomic E-state index is 14.7. The van der Waals surface area contributed by atoms with Crippen LogP contribution in [0.15, 0.2) is 0 Å². The molecule has 0 aromatic carbocycles. The predicted octanol–water partition coefficient (Wildman–Crippen LogP) is -0.723. The Bertz CT molecular complexity index is 609. The van der Waals surface area contributed by atoms with E-state index in [-0.39, 0.29) is 30.1 Å². The Hall–Kier alpha value is -0.100. The molecule has 7 unspecified atom stereocenters. The molecule has 4 saturated heterocycles. The van der Waals surface area contributed by atoms with Crippen LogP contribution in [0.3, 0.4) is 0 Å². The zero-order valence-electron chi connectivity index (χ0n) is 16.4. The van der Waals surface area contributed by atoms with Crippen LogP contribution in [0.2, 0.25) is 0 Å². The summed E-state index contributed by atoms with van der Waals surface area (Å²) in [5, 5.41) is 27.8. The molecule has 29 heavy (non-hydrogen) atoms. The Morgan fingerprint density at radius 2 is 1.83 bits per heavy atom. The molecule has 1 aliphatic carbocycles. The smallest absolute Gasteiger partial charge is 0.141 e. The minimum atomic E-state index is -1.08. The van der Waals surface area contributed by atoms with E-state index in [1.807, 2.05) is 0 Å². The lowest BCUT2D eigenvalue weighted by Crippen LogP contribution is -2.64. The van der Waals surface area contributed by atoms with Crippen LogP contribution in [0.5, 0.6) is 0 Å². The highest BCUT2D eigenvalue weighted by Gasteiger charge is 2.56. The number of aliphatic hydroxyl groups is 2. The van der Waals surface area contributed by atoms with E-state index in [0.717, 1.165) is 19.4 Å². The summed E-state index contributed by atoms with van der Waals surface area (Å²) in [6.45, 7) is 1.72. The van der Waals surface area contributed by atoms with E-state index < -0.39 is 42.2 Å². The van der Waals surface area contributed by atoms with Gasteiger partial charge in [0, 0.05) is 25.7 Å². The van der Waals surface area contributed by atoms with Crippen molar-refractivity contribution < 1.29 is 24.1 Å². The molecule has 0 amide bonds. The van der Waals surface area contributed by atoms with Crippen LogP contribution in [0.4, 0.5) is 4.39 Å². The Morgan fingerprint density at radius 1 is 1.00 bits per heavy atom. The van der Waals surface area contributed by atoms with E-state index in [1.165, 1.54) is 0 Å². The molecule has 5 aliphatic rings. The SMILES string of the molecule is NC1NCNC2C1CCN2[C@@H]1O[C@H]([C@@H]2OCCC3C(F)C(Cl)CCC32)[C@@H](O)[C@H]1O. The van der Waals surface area contributed by atoms with E-state index >= 15 is 0 Å². The fourth-order valence-electron chi connectivity index (χ4n) is 6.25. The monoisotopic (exact) mass is 434 g/mol. The molecule has 0 aromatic rings. The van der Waals surface area contributed by atoms with Crippen LogP contribution in [0.25, 0.3) is 0 Å². The van der Waals surface area contributed by atoms with Gasteiger partial charge in [-0.1, -0.05) is 0 Å². The molecule has 5 rings (SSSR count). The summed E-state index contributed by atoms with van der Waals surface area (Å²) >= 11 is 6.17. The minimum absolute atomic E-state index is 0.0150. The Balaban J connectivity index is 1.32. The van der Waals surface area contributed by atoms with Crippen molar-refractivity contribution in [1.82, 2.24) is 15.5 Å². The highest BCUT2D eigenvalue weighted by atomic mass is 35.5. The second-order valence-electron chi connectivity index (χ2n) is 9.21. The molecule has 5 fully saturated rings. The lowest BCUT2D eigenvalue weighted by Gasteiger charge is -2.46. The summed E-state index contributed by atoms with van der Waals surface area (Å²) in [6, 6.07) is 0. The highest BCUT2D eigenvalue weighted by Crippen LogP contribution is 2.45. The molecule has 166 valence electrons. The van der Waals surface area contributed by atoms with E-state index in [2.05, 4.69) is 15.5 Å². The lowest BCUT2D eigenvalue weighted by molar-refractivity contribution is -0.181. The van der Waals surface area contributed by atoms with Crippen LogP contribution in [-0.4, -0.2) is 89.5 Å². The Kier molecular flexibility index (Phi) is 5.81. The van der Waals surface area contributed by atoms with Crippen molar-refractivity contribution in [3.05, 3.63) is 0 Å². The van der Waals surface area contributed by atoms with Gasteiger partial charge >= 0.3 is 0 Å². The average Bonchev–Trinajstić information content (AvgIpc) is 3.27. The third kappa shape index (κ3) is 3.43. The van der Waals surface area contributed by atoms with Gasteiger partial charge in [-0.15, -0.1) is 11.6 Å². The second kappa shape index (κ2) is 8.11. The third-order valence-corrected chi connectivity index (χ3v) is 8.24. The maximum absolute atomic E-state index is 14.7. The van der Waals surface area contributed by atoms with E-state index in [0.29, 0.717) is 26.1 Å². The molecular formula is C19H32ClFN4O4. The van der Waals surface area contributed by atoms with Gasteiger partial charge in [-0.05, 0) is 37.5 Å². The second-order valence-corrected chi connectivity index (χ2v) is 9.77. The number of ether oxygens (including phenoxy) is 2. The van der Waals surface area contributed by atoms with Gasteiger partial charge in [0.25, 0.3) is 0 Å². The number of rotatable bonds is 2. The van der Waals surface area contributed by atoms with Crippen molar-refractivity contribution >= 4 is 11.6 Å². The topological polar surface area (TPSA) is 112 Å². The van der Waals surface area contributed by atoms with Crippen molar-refractivity contribution in [3.8, 4) is 0 Å². The van der Waals surface area contributed by atoms with Crippen LogP contribution < -0.4 is 16.4 Å². The molecule has 4 aliphatic heterocycles. The number of alkyl halides is 2. The number of fused-ring (bicyclic) bond motifs is 2. The first-order valence-electron chi connectivity index (χ1n) is 10.9. The molecule has 0 aromatic heterocycles. The molecule has 4 heterocycles. The van der Waals surface area contributed by atoms with E-state index in [1.54, 1.807) is 0 Å². The van der Waals surface area contributed by atoms with Crippen molar-refractivity contribution in [2.75, 3.05) is 19.8 Å². The molecule has 8 nitrogen and oxygen atoms in total. The van der Waals surface area contributed by atoms with Gasteiger partial charge < -0.3 is 25.4 Å². The molecule has 0 radical (unpaired) electrons. The molecule has 1 saturated carbocycles. The maximum Gasteiger partial charge on any atom is 0.141 e. The van der Waals surface area contributed by atoms with E-state index in [9.17, 15) is 14.6 Å². The summed E-state index contributed by atoms with van der Waals surface area (Å²) in [5.41, 5.74) is 6.19. The molecule has 10 heteroatoms. The largest absolute Gasteiger partial charge is 0.387 e. The van der Waals surface area contributed by atoms with Gasteiger partial charge in [-0.3, -0.25) is 15.5 Å². The number of nitrogens with two attached hydrogens (primary N) is 1. The van der Waals surface area contributed by atoms with Gasteiger partial charge in [0.05, 0.1) is 23.8 Å². The number of hydrogen-bond donors (Lipinski definition) is 5. The first kappa shape index (κ1) is 20.8. The lowest BCUT2D eigenvalue weighted by atomic mass is 9.70. The zero-order chi connectivity index (χ0) is 20.3. The molecule has 6 N–H and O–H groups in total. The predicted molar refractivity (Wildman–Crippen MR) is 103 cm³/mol. The zero-order valence-corrected chi connectivity index (χ0v) is 17.1. The van der Waals surface area contributed by atoms with Crippen molar-refractivity contribution in [1.29, 1.82) is 0 Å². The summed E-state index contributed by atoms with van der Waals surface area (Å²) < 4.78 is 27.0. The third-order valence-electron chi connectivity index (χ3n) is 7.78. The minimum Gasteiger partial charge on any atom is -0.387 e. The van der Waals surface area contributed by atoms with E-state index in [4.69, 9.17) is 26.8 Å². The van der Waals surface area contributed by atoms with Crippen molar-refractivity contribution in [2.24, 2.45) is 23.5 Å². The number of halogens is 2. The first-order chi connectivity index (χ1) is 14.0. The molecule has 12 atom stereocenters. The van der Waals surface area contributed by atoms with Gasteiger partial charge in [-0.2, -0.15) is 0 Å². The summed E-state index contributed by atoms with van der Waals surface area (Å²) in [5.74, 6) is -0.0364. The normalized spacial score (nSPS) is 56.2. The first-order valence-corrected chi connectivity index (χ1v) is 11.3. The van der Waals surface area contributed by atoms with Gasteiger partial charge in [0.15, 0.2) is 0 Å². The number of hydrogen-bond acceptors (Lipinski definition) is 8. The summed E-state index contributed by atoms with van der Waals surface area (Å²) in [6.07, 6.45) is -2.25. The van der Waals surface area contributed by atoms with Gasteiger partial charge in [-0.25, -0.2) is 4.39 Å². The summed E-state index contributed by atoms with van der Waals surface area (Å²) in [4.78, 5) is 2.06. The quantitative estimate of drug-likeness (QED) is 0.362. The Labute approximate surface area is 175 Å².